The zero-order valence-corrected chi connectivity index (χ0v) is 16.3. The van der Waals surface area contributed by atoms with Crippen molar-refractivity contribution in [3.05, 3.63) is 35.0 Å². The van der Waals surface area contributed by atoms with Crippen LogP contribution in [0.25, 0.3) is 10.9 Å². The summed E-state index contributed by atoms with van der Waals surface area (Å²) in [5.74, 6) is 0.866. The summed E-state index contributed by atoms with van der Waals surface area (Å²) in [6.07, 6.45) is 2.92. The summed E-state index contributed by atoms with van der Waals surface area (Å²) in [5, 5.41) is 8.51. The first-order valence-electron chi connectivity index (χ1n) is 7.40. The number of aromatic nitrogens is 1. The Morgan fingerprint density at radius 2 is 2.14 bits per heavy atom. The Kier molecular flexibility index (Phi) is 8.03. The SMILES string of the molecule is CCNC(=NCCc1c[nH]c2ccc(Cl)cc12)NC(C)C.I. The zero-order chi connectivity index (χ0) is 15.2. The summed E-state index contributed by atoms with van der Waals surface area (Å²) in [7, 11) is 0. The van der Waals surface area contributed by atoms with Crippen molar-refractivity contribution in [2.75, 3.05) is 13.1 Å². The average Bonchev–Trinajstić information content (AvgIpc) is 2.81. The highest BCUT2D eigenvalue weighted by molar-refractivity contribution is 14.0. The molecule has 0 aliphatic heterocycles. The van der Waals surface area contributed by atoms with Crippen LogP contribution in [0.1, 0.15) is 26.3 Å². The van der Waals surface area contributed by atoms with Crippen molar-refractivity contribution in [1.82, 2.24) is 15.6 Å². The van der Waals surface area contributed by atoms with E-state index >= 15 is 0 Å². The summed E-state index contributed by atoms with van der Waals surface area (Å²) < 4.78 is 0. The van der Waals surface area contributed by atoms with E-state index in [-0.39, 0.29) is 24.0 Å². The second-order valence-corrected chi connectivity index (χ2v) is 5.75. The minimum Gasteiger partial charge on any atom is -0.361 e. The van der Waals surface area contributed by atoms with Crippen molar-refractivity contribution < 1.29 is 0 Å². The molecule has 0 saturated carbocycles. The van der Waals surface area contributed by atoms with E-state index in [1.807, 2.05) is 24.4 Å². The molecular weight excluding hydrogens is 411 g/mol. The molecule has 22 heavy (non-hydrogen) atoms. The number of halogens is 2. The van der Waals surface area contributed by atoms with Crippen LogP contribution in [0.5, 0.6) is 0 Å². The predicted octanol–water partition coefficient (Wildman–Crippen LogP) is 3.95. The van der Waals surface area contributed by atoms with Gasteiger partial charge in [-0.15, -0.1) is 24.0 Å². The summed E-state index contributed by atoms with van der Waals surface area (Å²) in [6, 6.07) is 6.28. The second kappa shape index (κ2) is 9.25. The Morgan fingerprint density at radius 1 is 1.36 bits per heavy atom. The molecule has 0 saturated heterocycles. The number of hydrogen-bond donors (Lipinski definition) is 3. The van der Waals surface area contributed by atoms with Crippen molar-refractivity contribution in [2.45, 2.75) is 33.2 Å². The van der Waals surface area contributed by atoms with Gasteiger partial charge in [-0.3, -0.25) is 4.99 Å². The number of rotatable bonds is 5. The van der Waals surface area contributed by atoms with Gasteiger partial charge in [0.1, 0.15) is 0 Å². The fraction of sp³-hybridized carbons (Fsp3) is 0.438. The molecule has 1 aromatic carbocycles. The molecule has 122 valence electrons. The van der Waals surface area contributed by atoms with Crippen LogP contribution >= 0.6 is 35.6 Å². The van der Waals surface area contributed by atoms with Crippen LogP contribution in [0.2, 0.25) is 5.02 Å². The van der Waals surface area contributed by atoms with Crippen molar-refractivity contribution in [3.8, 4) is 0 Å². The standard InChI is InChI=1S/C16H23ClN4.HI/c1-4-18-16(21-11(2)3)19-8-7-12-10-20-15-6-5-13(17)9-14(12)15;/h5-6,9-11,20H,4,7-8H2,1-3H3,(H2,18,19,21);1H. The van der Waals surface area contributed by atoms with Gasteiger partial charge >= 0.3 is 0 Å². The van der Waals surface area contributed by atoms with Gasteiger partial charge < -0.3 is 15.6 Å². The van der Waals surface area contributed by atoms with Crippen molar-refractivity contribution in [2.24, 2.45) is 4.99 Å². The fourth-order valence-electron chi connectivity index (χ4n) is 2.24. The summed E-state index contributed by atoms with van der Waals surface area (Å²) in [6.45, 7) is 7.88. The highest BCUT2D eigenvalue weighted by Gasteiger charge is 2.04. The summed E-state index contributed by atoms with van der Waals surface area (Å²) in [4.78, 5) is 7.88. The molecule has 4 nitrogen and oxygen atoms in total. The van der Waals surface area contributed by atoms with E-state index in [4.69, 9.17) is 11.6 Å². The smallest absolute Gasteiger partial charge is 0.191 e. The topological polar surface area (TPSA) is 52.2 Å². The Hall–Kier alpha value is -0.950. The Balaban J connectivity index is 0.00000242. The van der Waals surface area contributed by atoms with Crippen molar-refractivity contribution in [1.29, 1.82) is 0 Å². The molecular formula is C16H24ClIN4. The normalized spacial score (nSPS) is 11.6. The monoisotopic (exact) mass is 434 g/mol. The number of aromatic amines is 1. The van der Waals surface area contributed by atoms with Crippen LogP contribution in [0, 0.1) is 0 Å². The number of H-pyrrole nitrogens is 1. The molecule has 2 aromatic rings. The molecule has 0 radical (unpaired) electrons. The molecule has 0 aliphatic rings. The lowest BCUT2D eigenvalue weighted by molar-refractivity contribution is 0.700. The first kappa shape index (κ1) is 19.1. The largest absolute Gasteiger partial charge is 0.361 e. The van der Waals surface area contributed by atoms with Gasteiger partial charge in [0.05, 0.1) is 0 Å². The average molecular weight is 435 g/mol. The summed E-state index contributed by atoms with van der Waals surface area (Å²) in [5.41, 5.74) is 2.36. The van der Waals surface area contributed by atoms with Gasteiger partial charge in [-0.1, -0.05) is 11.6 Å². The molecule has 0 atom stereocenters. The van der Waals surface area contributed by atoms with E-state index in [0.717, 1.165) is 36.0 Å². The Bertz CT molecular complexity index is 622. The molecule has 0 aliphatic carbocycles. The van der Waals surface area contributed by atoms with E-state index in [1.54, 1.807) is 0 Å². The highest BCUT2D eigenvalue weighted by atomic mass is 127. The van der Waals surface area contributed by atoms with Crippen molar-refractivity contribution in [3.63, 3.8) is 0 Å². The third-order valence-corrected chi connectivity index (χ3v) is 3.39. The molecule has 0 spiro atoms. The first-order valence-corrected chi connectivity index (χ1v) is 7.78. The third kappa shape index (κ3) is 5.35. The molecule has 0 bridgehead atoms. The maximum atomic E-state index is 6.07. The fourth-order valence-corrected chi connectivity index (χ4v) is 2.41. The predicted molar refractivity (Wildman–Crippen MR) is 107 cm³/mol. The number of benzene rings is 1. The molecule has 1 heterocycles. The number of nitrogens with zero attached hydrogens (tertiary/aromatic N) is 1. The highest BCUT2D eigenvalue weighted by Crippen LogP contribution is 2.22. The van der Waals surface area contributed by atoms with Gasteiger partial charge in [0.25, 0.3) is 0 Å². The van der Waals surface area contributed by atoms with Gasteiger partial charge in [-0.2, -0.15) is 0 Å². The number of hydrogen-bond acceptors (Lipinski definition) is 1. The zero-order valence-electron chi connectivity index (χ0n) is 13.2. The number of nitrogens with one attached hydrogen (secondary N) is 3. The van der Waals surface area contributed by atoms with Gasteiger partial charge in [-0.25, -0.2) is 0 Å². The number of fused-ring (bicyclic) bond motifs is 1. The quantitative estimate of drug-likeness (QED) is 0.379. The van der Waals surface area contributed by atoms with E-state index in [9.17, 15) is 0 Å². The minimum atomic E-state index is 0. The first-order chi connectivity index (χ1) is 10.1. The van der Waals surface area contributed by atoms with Crippen LogP contribution in [0.4, 0.5) is 0 Å². The van der Waals surface area contributed by atoms with E-state index in [0.29, 0.717) is 6.04 Å². The summed E-state index contributed by atoms with van der Waals surface area (Å²) >= 11 is 6.07. The van der Waals surface area contributed by atoms with Crippen LogP contribution in [-0.2, 0) is 6.42 Å². The number of aliphatic imine (C=N–C) groups is 1. The van der Waals surface area contributed by atoms with Gasteiger partial charge in [0.15, 0.2) is 5.96 Å². The number of guanidine groups is 1. The van der Waals surface area contributed by atoms with Gasteiger partial charge in [0.2, 0.25) is 0 Å². The van der Waals surface area contributed by atoms with Gasteiger partial charge in [0, 0.05) is 41.3 Å². The van der Waals surface area contributed by atoms with Crippen LogP contribution in [0.3, 0.4) is 0 Å². The lowest BCUT2D eigenvalue weighted by atomic mass is 10.1. The minimum absolute atomic E-state index is 0. The molecule has 3 N–H and O–H groups in total. The molecule has 0 amide bonds. The molecule has 2 rings (SSSR count). The van der Waals surface area contributed by atoms with Gasteiger partial charge in [-0.05, 0) is 51.0 Å². The van der Waals surface area contributed by atoms with E-state index < -0.39 is 0 Å². The molecule has 6 heteroatoms. The van der Waals surface area contributed by atoms with Crippen LogP contribution < -0.4 is 10.6 Å². The maximum absolute atomic E-state index is 6.07. The lowest BCUT2D eigenvalue weighted by Crippen LogP contribution is -2.41. The molecule has 0 unspecified atom stereocenters. The van der Waals surface area contributed by atoms with E-state index in [1.165, 1.54) is 10.9 Å². The molecule has 1 aromatic heterocycles. The molecule has 0 fully saturated rings. The van der Waals surface area contributed by atoms with Crippen molar-refractivity contribution >= 4 is 52.4 Å². The lowest BCUT2D eigenvalue weighted by Gasteiger charge is -2.13. The second-order valence-electron chi connectivity index (χ2n) is 5.31. The Labute approximate surface area is 154 Å². The maximum Gasteiger partial charge on any atom is 0.191 e. The van der Waals surface area contributed by atoms with Crippen LogP contribution in [-0.4, -0.2) is 30.1 Å². The van der Waals surface area contributed by atoms with E-state index in [2.05, 4.69) is 41.4 Å². The third-order valence-electron chi connectivity index (χ3n) is 3.15. The van der Waals surface area contributed by atoms with Crippen LogP contribution in [0.15, 0.2) is 29.4 Å². The Morgan fingerprint density at radius 3 is 2.82 bits per heavy atom.